The molecule has 0 unspecified atom stereocenters. The Labute approximate surface area is 446 Å². The first-order valence-corrected chi connectivity index (χ1v) is 22.7. The van der Waals surface area contributed by atoms with E-state index < -0.39 is 99.4 Å². The fourth-order valence-electron chi connectivity index (χ4n) is 5.58. The van der Waals surface area contributed by atoms with E-state index in [0.717, 1.165) is 62.4 Å². The molecule has 0 saturated heterocycles. The van der Waals surface area contributed by atoms with Crippen LogP contribution in [0, 0.1) is 0 Å². The molecule has 6 aromatic carbocycles. The Hall–Kier alpha value is -7.91. The summed E-state index contributed by atoms with van der Waals surface area (Å²) < 4.78 is 55.3. The Balaban J connectivity index is 0.000000702. The van der Waals surface area contributed by atoms with Gasteiger partial charge >= 0.3 is 49.2 Å². The van der Waals surface area contributed by atoms with E-state index in [9.17, 15) is 66.7 Å². The molecule has 0 aromatic heterocycles. The Bertz CT molecular complexity index is 3110. The molecule has 0 radical (unpaired) electrons. The predicted molar refractivity (Wildman–Crippen MR) is 242 cm³/mol. The molecule has 4 N–H and O–H groups in total. The molecule has 26 heteroatoms. The van der Waals surface area contributed by atoms with Gasteiger partial charge in [0.1, 0.15) is 11.4 Å². The van der Waals surface area contributed by atoms with Crippen LogP contribution in [0.2, 0.25) is 0 Å². The Kier molecular flexibility index (Phi) is 21.4. The van der Waals surface area contributed by atoms with Crippen LogP contribution in [-0.2, 0) is 46.4 Å². The maximum atomic E-state index is 12.8. The van der Waals surface area contributed by atoms with Crippen LogP contribution in [0.25, 0.3) is 0 Å². The predicted octanol–water partition coefficient (Wildman–Crippen LogP) is -0.296. The fraction of sp³-hybridized carbons (Fsp3) is 0.0435. The first-order valence-electron chi connectivity index (χ1n) is 19.8. The monoisotopic (exact) mass is 1070 g/mol. The van der Waals surface area contributed by atoms with E-state index in [-0.39, 0.29) is 71.7 Å². The van der Waals surface area contributed by atoms with Gasteiger partial charge in [-0.05, 0) is 60.7 Å². The van der Waals surface area contributed by atoms with Crippen LogP contribution in [-0.4, -0.2) is 40.6 Å². The first-order chi connectivity index (χ1) is 33.2. The molecule has 6 rings (SSSR count). The number of hydrogen-bond acceptors (Lipinski definition) is 18. The van der Waals surface area contributed by atoms with Crippen molar-refractivity contribution in [2.24, 2.45) is 20.5 Å². The number of amides is 2. The second-order valence-corrected chi connectivity index (χ2v) is 17.4. The van der Waals surface area contributed by atoms with Gasteiger partial charge in [0.15, 0.2) is 0 Å². The molecule has 0 bridgehead atoms. The van der Waals surface area contributed by atoms with E-state index >= 15 is 0 Å². The van der Waals surface area contributed by atoms with E-state index in [2.05, 4.69) is 40.5 Å². The number of carbonyl (C=O) groups is 4. The van der Waals surface area contributed by atoms with Gasteiger partial charge in [0, 0.05) is 22.5 Å². The SMILES string of the molecule is C/C([O-])=C(/N=Nc1cc(S(=O)(=O)Nc2ccccc2C(=O)[O-])ccc1[O-])C(=O)Nc1ccccc1.C/C([O-])=C(/N=Nc1cc(S(=O)(=O)Nc2ccccc2C(=O)[O-])ccc1[O-])C(=O)Nc1ccccc1.[Co+3].[H+].[H+].[Na+]. The van der Waals surface area contributed by atoms with E-state index in [4.69, 9.17) is 0 Å². The molecule has 0 aliphatic heterocycles. The number of aromatic carboxylic acids is 2. The molecule has 2 amide bonds. The zero-order valence-electron chi connectivity index (χ0n) is 39.5. The van der Waals surface area contributed by atoms with Crippen molar-refractivity contribution in [2.75, 3.05) is 20.1 Å². The number of para-hydroxylation sites is 4. The van der Waals surface area contributed by atoms with Gasteiger partial charge in [-0.15, -0.1) is 21.7 Å². The number of benzene rings is 6. The number of hydrogen-bond donors (Lipinski definition) is 4. The van der Waals surface area contributed by atoms with Crippen molar-refractivity contribution >= 4 is 77.9 Å². The number of carboxylic acid groups (broad SMARTS) is 2. The summed E-state index contributed by atoms with van der Waals surface area (Å²) in [5, 5.41) is 90.0. The Morgan fingerprint density at radius 3 is 1.12 bits per heavy atom. The number of sulfonamides is 2. The van der Waals surface area contributed by atoms with Gasteiger partial charge in [0.2, 0.25) is 0 Å². The van der Waals surface area contributed by atoms with E-state index in [1.165, 1.54) is 36.4 Å². The van der Waals surface area contributed by atoms with Crippen LogP contribution >= 0.6 is 0 Å². The summed E-state index contributed by atoms with van der Waals surface area (Å²) in [4.78, 5) is 46.4. The second-order valence-electron chi connectivity index (χ2n) is 14.0. The summed E-state index contributed by atoms with van der Waals surface area (Å²) in [6.45, 7) is 2.16. The molecule has 72 heavy (non-hydrogen) atoms. The summed E-state index contributed by atoms with van der Waals surface area (Å²) >= 11 is 0. The van der Waals surface area contributed by atoms with Crippen molar-refractivity contribution < 1.29 is 116 Å². The van der Waals surface area contributed by atoms with Crippen LogP contribution < -0.4 is 80.3 Å². The van der Waals surface area contributed by atoms with Gasteiger partial charge in [-0.1, -0.05) is 110 Å². The summed E-state index contributed by atoms with van der Waals surface area (Å²) in [5.41, 5.74) is -2.62. The zero-order valence-corrected chi connectivity index (χ0v) is 42.2. The van der Waals surface area contributed by atoms with Gasteiger partial charge in [-0.2, -0.15) is 10.2 Å². The number of anilines is 4. The number of allylic oxidation sites excluding steroid dienone is 2. The molecule has 0 fully saturated rings. The molecule has 6 aromatic rings. The number of carboxylic acids is 2. The maximum Gasteiger partial charge on any atom is 3.00 e. The topological polar surface area (TPSA) is 372 Å². The van der Waals surface area contributed by atoms with Crippen molar-refractivity contribution in [3.63, 3.8) is 0 Å². The number of nitrogens with one attached hydrogen (secondary N) is 4. The second kappa shape index (κ2) is 26.3. The largest absolute Gasteiger partial charge is 3.00 e. The quantitative estimate of drug-likeness (QED) is 0.0419. The third-order valence-corrected chi connectivity index (χ3v) is 11.7. The molecule has 0 saturated carbocycles. The average Bonchev–Trinajstić information content (AvgIpc) is 3.30. The van der Waals surface area contributed by atoms with Crippen molar-refractivity contribution in [2.45, 2.75) is 23.6 Å². The van der Waals surface area contributed by atoms with Gasteiger partial charge < -0.3 is 50.9 Å². The molecule has 366 valence electrons. The molecule has 0 aliphatic carbocycles. The Morgan fingerprint density at radius 2 is 0.806 bits per heavy atom. The summed E-state index contributed by atoms with van der Waals surface area (Å²) in [6.07, 6.45) is 0. The van der Waals surface area contributed by atoms with Crippen molar-refractivity contribution in [3.05, 3.63) is 180 Å². The molecular formula is C46H36CoN8NaO14S2. The minimum Gasteiger partial charge on any atom is -0.874 e. The van der Waals surface area contributed by atoms with Crippen molar-refractivity contribution in [3.8, 4) is 11.5 Å². The van der Waals surface area contributed by atoms with E-state index in [1.807, 2.05) is 0 Å². The first kappa shape index (κ1) is 58.4. The smallest absolute Gasteiger partial charge is 0.874 e. The standard InChI is InChI=1S/2C23H20N4O7S.Co.Na/c2*1-14(28)21(22(30)24-15-7-3-2-4-8-15)26-25-19-13-16(11-12-20(19)29)35(33,34)27-18-10-6-5-9-17(18)23(31)32;;/h2*2-13,27-29H,1H3,(H,24,30)(H,31,32);;/q;;+3;+1/p-4/b2*21-14-,26-25?;;. The zero-order chi connectivity index (χ0) is 51.2. The van der Waals surface area contributed by atoms with Gasteiger partial charge in [0.25, 0.3) is 31.9 Å². The fourth-order valence-corrected chi connectivity index (χ4v) is 7.77. The average molecular weight is 1070 g/mol. The van der Waals surface area contributed by atoms with Gasteiger partial charge in [0.05, 0.1) is 44.5 Å². The number of carbonyl (C=O) groups excluding carboxylic acids is 4. The van der Waals surface area contributed by atoms with Crippen LogP contribution in [0.5, 0.6) is 11.5 Å². The van der Waals surface area contributed by atoms with Crippen LogP contribution in [0.15, 0.2) is 199 Å². The van der Waals surface area contributed by atoms with Crippen molar-refractivity contribution in [1.29, 1.82) is 0 Å². The van der Waals surface area contributed by atoms with Gasteiger partial charge in [-0.3, -0.25) is 19.0 Å². The number of azo groups is 2. The summed E-state index contributed by atoms with van der Waals surface area (Å²) in [5.74, 6) is -7.85. The van der Waals surface area contributed by atoms with Crippen LogP contribution in [0.4, 0.5) is 34.1 Å². The Morgan fingerprint density at radius 1 is 0.486 bits per heavy atom. The molecule has 0 aliphatic rings. The molecule has 0 spiro atoms. The van der Waals surface area contributed by atoms with E-state index in [0.29, 0.717) is 11.4 Å². The number of nitrogens with zero attached hydrogens (tertiary/aromatic N) is 4. The molecule has 22 nitrogen and oxygen atoms in total. The minimum absolute atomic E-state index is 0. The number of rotatable bonds is 16. The third-order valence-electron chi connectivity index (χ3n) is 8.94. The normalized spacial score (nSPS) is 11.8. The molecule has 0 heterocycles. The van der Waals surface area contributed by atoms with Gasteiger partial charge in [-0.25, -0.2) is 16.8 Å². The summed E-state index contributed by atoms with van der Waals surface area (Å²) in [7, 11) is -8.71. The maximum absolute atomic E-state index is 12.8. The summed E-state index contributed by atoms with van der Waals surface area (Å²) in [6, 6.07) is 32.4. The minimum atomic E-state index is -4.36. The van der Waals surface area contributed by atoms with Crippen LogP contribution in [0.3, 0.4) is 0 Å². The molecule has 0 atom stereocenters. The van der Waals surface area contributed by atoms with E-state index in [1.54, 1.807) is 60.7 Å². The van der Waals surface area contributed by atoms with Crippen molar-refractivity contribution in [1.82, 2.24) is 0 Å². The van der Waals surface area contributed by atoms with Crippen LogP contribution in [0.1, 0.15) is 37.4 Å². The third kappa shape index (κ3) is 16.1. The molecular weight excluding hydrogens is 1030 g/mol.